The van der Waals surface area contributed by atoms with E-state index in [-0.39, 0.29) is 12.3 Å². The molecular weight excluding hydrogens is 292 g/mol. The monoisotopic (exact) mass is 302 g/mol. The Balaban J connectivity index is 1.80. The largest absolute Gasteiger partial charge is 0.417 e. The van der Waals surface area contributed by atoms with Crippen molar-refractivity contribution < 1.29 is 9.21 Å². The fourth-order valence-electron chi connectivity index (χ4n) is 2.06. The molecule has 0 unspecified atom stereocenters. The summed E-state index contributed by atoms with van der Waals surface area (Å²) in [7, 11) is 0. The lowest BCUT2D eigenvalue weighted by Gasteiger charge is -2.06. The quantitative estimate of drug-likeness (QED) is 0.781. The summed E-state index contributed by atoms with van der Waals surface area (Å²) in [4.78, 5) is 25.8. The van der Waals surface area contributed by atoms with Gasteiger partial charge in [-0.1, -0.05) is 29.8 Å². The number of hydrogen-bond acceptors (Lipinski definition) is 3. The smallest absolute Gasteiger partial charge is 0.408 e. The van der Waals surface area contributed by atoms with Crippen molar-refractivity contribution in [1.29, 1.82) is 0 Å². The van der Waals surface area contributed by atoms with Gasteiger partial charge in [0.25, 0.3) is 0 Å². The number of hydrogen-bond donors (Lipinski definition) is 2. The van der Waals surface area contributed by atoms with Crippen LogP contribution in [0.2, 0.25) is 5.02 Å². The summed E-state index contributed by atoms with van der Waals surface area (Å²) >= 11 is 5.80. The van der Waals surface area contributed by atoms with E-state index in [1.54, 1.807) is 42.5 Å². The Morgan fingerprint density at radius 2 is 1.95 bits per heavy atom. The fraction of sp³-hybridized carbons (Fsp3) is 0.0667. The standard InChI is InChI=1S/C15H11ClN2O3/c16-10-6-4-9(5-7-10)8-13(19)17-11-2-1-3-12-14(11)18-15(20)21-12/h1-7H,8H2,(H,17,19)(H,18,20). The molecule has 21 heavy (non-hydrogen) atoms. The summed E-state index contributed by atoms with van der Waals surface area (Å²) in [6, 6.07) is 12.1. The van der Waals surface area contributed by atoms with Crippen LogP contribution < -0.4 is 11.1 Å². The van der Waals surface area contributed by atoms with E-state index < -0.39 is 5.76 Å². The lowest BCUT2D eigenvalue weighted by molar-refractivity contribution is -0.115. The molecule has 0 atom stereocenters. The fourth-order valence-corrected chi connectivity index (χ4v) is 2.18. The molecule has 3 aromatic rings. The first kappa shape index (κ1) is 13.5. The van der Waals surface area contributed by atoms with Crippen molar-refractivity contribution in [2.45, 2.75) is 6.42 Å². The second-order valence-corrected chi connectivity index (χ2v) is 4.98. The van der Waals surface area contributed by atoms with E-state index in [0.29, 0.717) is 21.8 Å². The highest BCUT2D eigenvalue weighted by Crippen LogP contribution is 2.20. The summed E-state index contributed by atoms with van der Waals surface area (Å²) in [6.45, 7) is 0. The van der Waals surface area contributed by atoms with E-state index in [9.17, 15) is 9.59 Å². The van der Waals surface area contributed by atoms with Crippen LogP contribution in [0.1, 0.15) is 5.56 Å². The SMILES string of the molecule is O=C(Cc1ccc(Cl)cc1)Nc1cccc2oc(=O)[nH]c12. The molecule has 0 saturated heterocycles. The highest BCUT2D eigenvalue weighted by molar-refractivity contribution is 6.30. The van der Waals surface area contributed by atoms with Gasteiger partial charge < -0.3 is 9.73 Å². The zero-order valence-corrected chi connectivity index (χ0v) is 11.6. The van der Waals surface area contributed by atoms with Crippen LogP contribution in [-0.4, -0.2) is 10.9 Å². The van der Waals surface area contributed by atoms with Crippen LogP contribution in [-0.2, 0) is 11.2 Å². The van der Waals surface area contributed by atoms with E-state index in [1.807, 2.05) is 0 Å². The second-order valence-electron chi connectivity index (χ2n) is 4.54. The van der Waals surface area contributed by atoms with Crippen molar-refractivity contribution >= 4 is 34.3 Å². The molecule has 6 heteroatoms. The van der Waals surface area contributed by atoms with Crippen molar-refractivity contribution in [3.63, 3.8) is 0 Å². The number of benzene rings is 2. The van der Waals surface area contributed by atoms with Crippen LogP contribution in [0.4, 0.5) is 5.69 Å². The Kier molecular flexibility index (Phi) is 3.50. The molecule has 5 nitrogen and oxygen atoms in total. The normalized spacial score (nSPS) is 10.7. The highest BCUT2D eigenvalue weighted by Gasteiger charge is 2.10. The van der Waals surface area contributed by atoms with Gasteiger partial charge in [0.2, 0.25) is 5.91 Å². The molecule has 1 amide bonds. The van der Waals surface area contributed by atoms with Crippen LogP contribution in [0.5, 0.6) is 0 Å². The van der Waals surface area contributed by atoms with Gasteiger partial charge in [-0.25, -0.2) is 4.79 Å². The van der Waals surface area contributed by atoms with Crippen molar-refractivity contribution in [2.24, 2.45) is 0 Å². The minimum atomic E-state index is -0.551. The first-order valence-electron chi connectivity index (χ1n) is 6.28. The molecule has 0 radical (unpaired) electrons. The van der Waals surface area contributed by atoms with Crippen molar-refractivity contribution in [3.8, 4) is 0 Å². The summed E-state index contributed by atoms with van der Waals surface area (Å²) in [5.41, 5.74) is 2.25. The van der Waals surface area contributed by atoms with Gasteiger partial charge in [-0.3, -0.25) is 9.78 Å². The molecule has 2 N–H and O–H groups in total. The first-order chi connectivity index (χ1) is 10.1. The van der Waals surface area contributed by atoms with Gasteiger partial charge in [0.05, 0.1) is 12.1 Å². The van der Waals surface area contributed by atoms with Gasteiger partial charge >= 0.3 is 5.76 Å². The van der Waals surface area contributed by atoms with Crippen LogP contribution >= 0.6 is 11.6 Å². The summed E-state index contributed by atoms with van der Waals surface area (Å²) in [6.07, 6.45) is 0.218. The Hall–Kier alpha value is -2.53. The molecule has 0 spiro atoms. The minimum absolute atomic E-state index is 0.188. The average Bonchev–Trinajstić information content (AvgIpc) is 2.83. The zero-order valence-electron chi connectivity index (χ0n) is 10.9. The van der Waals surface area contributed by atoms with Gasteiger partial charge in [-0.15, -0.1) is 0 Å². The van der Waals surface area contributed by atoms with Gasteiger partial charge in [0.1, 0.15) is 5.52 Å². The third-order valence-electron chi connectivity index (χ3n) is 3.01. The molecule has 0 saturated carbocycles. The van der Waals surface area contributed by atoms with Gasteiger partial charge in [-0.2, -0.15) is 0 Å². The molecule has 0 aliphatic rings. The number of rotatable bonds is 3. The number of para-hydroxylation sites is 1. The third-order valence-corrected chi connectivity index (χ3v) is 3.26. The molecule has 1 heterocycles. The molecule has 3 rings (SSSR count). The number of aromatic amines is 1. The number of nitrogens with one attached hydrogen (secondary N) is 2. The number of halogens is 1. The lowest BCUT2D eigenvalue weighted by Crippen LogP contribution is -2.14. The van der Waals surface area contributed by atoms with E-state index in [4.69, 9.17) is 16.0 Å². The van der Waals surface area contributed by atoms with Gasteiger partial charge in [0.15, 0.2) is 5.58 Å². The van der Waals surface area contributed by atoms with Crippen LogP contribution in [0.3, 0.4) is 0 Å². The van der Waals surface area contributed by atoms with E-state index in [0.717, 1.165) is 5.56 Å². The van der Waals surface area contributed by atoms with Crippen LogP contribution in [0.25, 0.3) is 11.1 Å². The molecule has 106 valence electrons. The van der Waals surface area contributed by atoms with Gasteiger partial charge in [0, 0.05) is 5.02 Å². The molecular formula is C15H11ClN2O3. The number of fused-ring (bicyclic) bond motifs is 1. The Labute approximate surface area is 124 Å². The van der Waals surface area contributed by atoms with Gasteiger partial charge in [-0.05, 0) is 29.8 Å². The molecule has 0 aliphatic carbocycles. The Bertz CT molecular complexity index is 849. The molecule has 1 aromatic heterocycles. The molecule has 2 aromatic carbocycles. The summed E-state index contributed by atoms with van der Waals surface area (Å²) in [5.74, 6) is -0.740. The highest BCUT2D eigenvalue weighted by atomic mass is 35.5. The second kappa shape index (κ2) is 5.46. The number of anilines is 1. The number of carbonyl (C=O) groups excluding carboxylic acids is 1. The maximum atomic E-state index is 12.1. The predicted octanol–water partition coefficient (Wildman–Crippen LogP) is 2.96. The zero-order chi connectivity index (χ0) is 14.8. The van der Waals surface area contributed by atoms with Crippen molar-refractivity contribution in [1.82, 2.24) is 4.98 Å². The lowest BCUT2D eigenvalue weighted by atomic mass is 10.1. The number of carbonyl (C=O) groups is 1. The first-order valence-corrected chi connectivity index (χ1v) is 6.66. The van der Waals surface area contributed by atoms with Crippen molar-refractivity contribution in [2.75, 3.05) is 5.32 Å². The van der Waals surface area contributed by atoms with E-state index >= 15 is 0 Å². The summed E-state index contributed by atoms with van der Waals surface area (Å²) < 4.78 is 4.94. The molecule has 0 fully saturated rings. The summed E-state index contributed by atoms with van der Waals surface area (Å²) in [5, 5.41) is 3.38. The number of H-pyrrole nitrogens is 1. The van der Waals surface area contributed by atoms with Crippen LogP contribution in [0, 0.1) is 0 Å². The van der Waals surface area contributed by atoms with E-state index in [2.05, 4.69) is 10.3 Å². The Morgan fingerprint density at radius 3 is 2.71 bits per heavy atom. The van der Waals surface area contributed by atoms with E-state index in [1.165, 1.54) is 0 Å². The Morgan fingerprint density at radius 1 is 1.19 bits per heavy atom. The van der Waals surface area contributed by atoms with Crippen molar-refractivity contribution in [3.05, 3.63) is 63.6 Å². The maximum Gasteiger partial charge on any atom is 0.417 e. The predicted molar refractivity (Wildman–Crippen MR) is 80.6 cm³/mol. The number of oxazole rings is 1. The topological polar surface area (TPSA) is 75.1 Å². The number of aromatic nitrogens is 1. The van der Waals surface area contributed by atoms with Crippen LogP contribution in [0.15, 0.2) is 51.7 Å². The number of amides is 1. The maximum absolute atomic E-state index is 12.1. The average molecular weight is 303 g/mol. The minimum Gasteiger partial charge on any atom is -0.408 e. The third kappa shape index (κ3) is 2.98. The molecule has 0 bridgehead atoms. The molecule has 0 aliphatic heterocycles.